The van der Waals surface area contributed by atoms with Gasteiger partial charge in [-0.1, -0.05) is 12.1 Å². The minimum absolute atomic E-state index is 0.197. The van der Waals surface area contributed by atoms with Gasteiger partial charge >= 0.3 is 0 Å². The zero-order chi connectivity index (χ0) is 13.8. The molecule has 18 heavy (non-hydrogen) atoms. The van der Waals surface area contributed by atoms with Gasteiger partial charge in [-0.05, 0) is 37.7 Å². The number of rotatable bonds is 6. The van der Waals surface area contributed by atoms with E-state index in [1.165, 1.54) is 24.3 Å². The zero-order valence-corrected chi connectivity index (χ0v) is 11.3. The minimum atomic E-state index is -3.23. The second-order valence-corrected chi connectivity index (χ2v) is 6.26. The molecule has 0 saturated heterocycles. The third-order valence-electron chi connectivity index (χ3n) is 2.70. The molecule has 0 amide bonds. The highest BCUT2D eigenvalue weighted by atomic mass is 32.2. The highest BCUT2D eigenvalue weighted by Gasteiger charge is 2.18. The number of benzene rings is 1. The maximum Gasteiger partial charge on any atom is 0.175 e. The lowest BCUT2D eigenvalue weighted by Gasteiger charge is -2.18. The summed E-state index contributed by atoms with van der Waals surface area (Å²) in [6.07, 6.45) is -0.334. The van der Waals surface area contributed by atoms with E-state index in [4.69, 9.17) is 0 Å². The third kappa shape index (κ3) is 4.06. The topological polar surface area (TPSA) is 86.6 Å². The van der Waals surface area contributed by atoms with Gasteiger partial charge in [0.25, 0.3) is 0 Å². The molecule has 5 nitrogen and oxygen atoms in total. The van der Waals surface area contributed by atoms with Crippen LogP contribution in [0.1, 0.15) is 18.1 Å². The molecule has 1 aromatic rings. The van der Waals surface area contributed by atoms with Crippen molar-refractivity contribution in [2.75, 3.05) is 19.8 Å². The van der Waals surface area contributed by atoms with Crippen LogP contribution in [0.3, 0.4) is 0 Å². The van der Waals surface area contributed by atoms with Gasteiger partial charge in [0.2, 0.25) is 0 Å². The molecule has 102 valence electrons. The van der Waals surface area contributed by atoms with Crippen molar-refractivity contribution in [3.8, 4) is 0 Å². The largest absolute Gasteiger partial charge is 0.390 e. The van der Waals surface area contributed by atoms with E-state index in [0.717, 1.165) is 6.26 Å². The van der Waals surface area contributed by atoms with Crippen LogP contribution < -0.4 is 5.32 Å². The van der Waals surface area contributed by atoms with Gasteiger partial charge in [0.15, 0.2) is 9.84 Å². The fourth-order valence-corrected chi connectivity index (χ4v) is 2.21. The molecule has 0 aliphatic carbocycles. The second kappa shape index (κ2) is 6.29. The number of aliphatic hydroxyl groups excluding tert-OH is 2. The number of aliphatic hydroxyl groups is 2. The van der Waals surface area contributed by atoms with Crippen LogP contribution in [0.15, 0.2) is 29.2 Å². The van der Waals surface area contributed by atoms with Crippen molar-refractivity contribution in [2.45, 2.75) is 23.5 Å². The van der Waals surface area contributed by atoms with Crippen molar-refractivity contribution in [3.05, 3.63) is 29.8 Å². The first-order chi connectivity index (χ1) is 8.36. The average molecular weight is 273 g/mol. The van der Waals surface area contributed by atoms with E-state index >= 15 is 0 Å². The van der Waals surface area contributed by atoms with E-state index in [1.807, 2.05) is 0 Å². The highest BCUT2D eigenvalue weighted by molar-refractivity contribution is 7.90. The Kier molecular flexibility index (Phi) is 5.28. The smallest absolute Gasteiger partial charge is 0.175 e. The molecule has 0 saturated carbocycles. The Hall–Kier alpha value is -0.950. The lowest BCUT2D eigenvalue weighted by molar-refractivity contribution is 0.0140. The van der Waals surface area contributed by atoms with E-state index in [0.29, 0.717) is 18.5 Å². The van der Waals surface area contributed by atoms with E-state index in [-0.39, 0.29) is 4.90 Å². The SMILES string of the molecule is CNCCC(O)C(O)c1ccc(S(C)(=O)=O)cc1. The lowest BCUT2D eigenvalue weighted by atomic mass is 10.0. The van der Waals surface area contributed by atoms with Gasteiger partial charge in [0, 0.05) is 6.26 Å². The van der Waals surface area contributed by atoms with E-state index < -0.39 is 22.0 Å². The van der Waals surface area contributed by atoms with Crippen molar-refractivity contribution in [1.29, 1.82) is 0 Å². The number of sulfone groups is 1. The quantitative estimate of drug-likeness (QED) is 0.684. The summed E-state index contributed by atoms with van der Waals surface area (Å²) < 4.78 is 22.5. The molecule has 0 aromatic heterocycles. The van der Waals surface area contributed by atoms with Gasteiger partial charge in [0.05, 0.1) is 11.0 Å². The molecule has 0 aliphatic heterocycles. The molecule has 1 aromatic carbocycles. The first-order valence-corrected chi connectivity index (χ1v) is 7.56. The molecule has 0 heterocycles. The number of nitrogens with one attached hydrogen (secondary N) is 1. The summed E-state index contributed by atoms with van der Waals surface area (Å²) in [5.41, 5.74) is 0.506. The van der Waals surface area contributed by atoms with Gasteiger partial charge in [-0.15, -0.1) is 0 Å². The van der Waals surface area contributed by atoms with Gasteiger partial charge in [-0.25, -0.2) is 8.42 Å². The Morgan fingerprint density at radius 1 is 1.22 bits per heavy atom. The predicted molar refractivity (Wildman–Crippen MR) is 69.1 cm³/mol. The number of hydrogen-bond acceptors (Lipinski definition) is 5. The Balaban J connectivity index is 2.79. The molecule has 3 N–H and O–H groups in total. The van der Waals surface area contributed by atoms with Gasteiger partial charge < -0.3 is 15.5 Å². The van der Waals surface area contributed by atoms with Crippen LogP contribution in [0.25, 0.3) is 0 Å². The van der Waals surface area contributed by atoms with Crippen molar-refractivity contribution in [3.63, 3.8) is 0 Å². The second-order valence-electron chi connectivity index (χ2n) is 4.25. The zero-order valence-electron chi connectivity index (χ0n) is 10.5. The minimum Gasteiger partial charge on any atom is -0.390 e. The Morgan fingerprint density at radius 3 is 2.22 bits per heavy atom. The molecule has 0 fully saturated rings. The van der Waals surface area contributed by atoms with Crippen LogP contribution in [-0.4, -0.2) is 44.6 Å². The summed E-state index contributed by atoms with van der Waals surface area (Å²) in [5, 5.41) is 22.5. The molecule has 2 unspecified atom stereocenters. The van der Waals surface area contributed by atoms with Gasteiger partial charge in [-0.2, -0.15) is 0 Å². The fourth-order valence-electron chi connectivity index (χ4n) is 1.58. The maximum atomic E-state index is 11.3. The summed E-state index contributed by atoms with van der Waals surface area (Å²) in [6, 6.07) is 5.89. The standard InChI is InChI=1S/C12H19NO4S/c1-13-8-7-11(14)12(15)9-3-5-10(6-4-9)18(2,16)17/h3-6,11-15H,7-8H2,1-2H3. The summed E-state index contributed by atoms with van der Waals surface area (Å²) in [5.74, 6) is 0. The highest BCUT2D eigenvalue weighted by Crippen LogP contribution is 2.20. The van der Waals surface area contributed by atoms with Crippen LogP contribution in [0.5, 0.6) is 0 Å². The summed E-state index contributed by atoms with van der Waals surface area (Å²) in [4.78, 5) is 0.197. The summed E-state index contributed by atoms with van der Waals surface area (Å²) in [7, 11) is -1.47. The molecule has 0 aliphatic rings. The first-order valence-electron chi connectivity index (χ1n) is 5.67. The maximum absolute atomic E-state index is 11.3. The molecular weight excluding hydrogens is 254 g/mol. The molecule has 0 spiro atoms. The Morgan fingerprint density at radius 2 is 1.78 bits per heavy atom. The van der Waals surface area contributed by atoms with Crippen LogP contribution in [0.2, 0.25) is 0 Å². The van der Waals surface area contributed by atoms with Crippen molar-refractivity contribution in [1.82, 2.24) is 5.32 Å². The normalized spacial score (nSPS) is 15.3. The van der Waals surface area contributed by atoms with Gasteiger partial charge in [0.1, 0.15) is 6.10 Å². The molecule has 2 atom stereocenters. The molecule has 6 heteroatoms. The first kappa shape index (κ1) is 15.1. The molecule has 0 radical (unpaired) electrons. The molecule has 0 bridgehead atoms. The summed E-state index contributed by atoms with van der Waals surface area (Å²) >= 11 is 0. The van der Waals surface area contributed by atoms with Crippen LogP contribution in [0, 0.1) is 0 Å². The Labute approximate surface area is 107 Å². The van der Waals surface area contributed by atoms with Crippen LogP contribution in [-0.2, 0) is 9.84 Å². The summed E-state index contributed by atoms with van der Waals surface area (Å²) in [6.45, 7) is 0.597. The fraction of sp³-hybridized carbons (Fsp3) is 0.500. The average Bonchev–Trinajstić information content (AvgIpc) is 2.34. The lowest BCUT2D eigenvalue weighted by Crippen LogP contribution is -2.23. The monoisotopic (exact) mass is 273 g/mol. The van der Waals surface area contributed by atoms with Gasteiger partial charge in [-0.3, -0.25) is 0 Å². The van der Waals surface area contributed by atoms with E-state index in [1.54, 1.807) is 7.05 Å². The Bertz CT molecular complexity index is 469. The third-order valence-corrected chi connectivity index (χ3v) is 3.83. The van der Waals surface area contributed by atoms with Crippen molar-refractivity contribution in [2.24, 2.45) is 0 Å². The van der Waals surface area contributed by atoms with Crippen LogP contribution >= 0.6 is 0 Å². The number of hydrogen-bond donors (Lipinski definition) is 3. The van der Waals surface area contributed by atoms with Crippen molar-refractivity contribution >= 4 is 9.84 Å². The predicted octanol–water partition coefficient (Wildman–Crippen LogP) is 0.0939. The van der Waals surface area contributed by atoms with E-state index in [9.17, 15) is 18.6 Å². The molecular formula is C12H19NO4S. The molecule has 1 rings (SSSR count). The van der Waals surface area contributed by atoms with Crippen LogP contribution in [0.4, 0.5) is 0 Å². The van der Waals surface area contributed by atoms with Crippen molar-refractivity contribution < 1.29 is 18.6 Å². The van der Waals surface area contributed by atoms with E-state index in [2.05, 4.69) is 5.32 Å².